The maximum atomic E-state index is 10.4. The summed E-state index contributed by atoms with van der Waals surface area (Å²) < 4.78 is 0. The van der Waals surface area contributed by atoms with Gasteiger partial charge in [-0.25, -0.2) is 0 Å². The molecule has 2 N–H and O–H groups in total. The number of piperazine rings is 1. The number of halogens is 4. The van der Waals surface area contributed by atoms with E-state index in [0.29, 0.717) is 10.0 Å². The van der Waals surface area contributed by atoms with Crippen molar-refractivity contribution in [1.29, 1.82) is 0 Å². The maximum absolute atomic E-state index is 10.4. The Labute approximate surface area is 162 Å². The van der Waals surface area contributed by atoms with Crippen LogP contribution in [0, 0.1) is 0 Å². The third-order valence-corrected chi connectivity index (χ3v) is 5.11. The molecule has 1 aliphatic heterocycles. The van der Waals surface area contributed by atoms with Gasteiger partial charge in [0, 0.05) is 41.6 Å². The molecule has 0 unspecified atom stereocenters. The Hall–Kier alpha value is -0.200. The van der Waals surface area contributed by atoms with Crippen LogP contribution >= 0.6 is 59.4 Å². The zero-order chi connectivity index (χ0) is 14.8. The highest BCUT2D eigenvalue weighted by atomic mass is 35.5. The molecule has 1 aromatic carbocycles. The third-order valence-electron chi connectivity index (χ3n) is 3.68. The molecule has 0 spiro atoms. The Morgan fingerprint density at radius 2 is 1.87 bits per heavy atom. The first-order valence-corrected chi connectivity index (χ1v) is 8.46. The standard InChI is InChI=1S/C15H16Cl2N2OS.2ClH/c16-10-8-11(15(20)12(17)9-10)14(13-2-1-7-21-13)19-5-3-18-4-6-19;;/h1-2,7-9,14,18,20H,3-6H2;2*1H/t14-;;/m0../s1. The first-order valence-electron chi connectivity index (χ1n) is 6.83. The number of nitrogens with zero attached hydrogens (tertiary/aromatic N) is 1. The number of thiophene rings is 1. The topological polar surface area (TPSA) is 35.5 Å². The predicted molar refractivity (Wildman–Crippen MR) is 103 cm³/mol. The molecule has 8 heteroatoms. The van der Waals surface area contributed by atoms with Crippen LogP contribution in [0.3, 0.4) is 0 Å². The zero-order valence-electron chi connectivity index (χ0n) is 12.2. The number of hydrogen-bond acceptors (Lipinski definition) is 4. The van der Waals surface area contributed by atoms with Crippen molar-refractivity contribution >= 4 is 59.4 Å². The Morgan fingerprint density at radius 3 is 2.48 bits per heavy atom. The molecule has 1 atom stereocenters. The molecular formula is C15H18Cl4N2OS. The summed E-state index contributed by atoms with van der Waals surface area (Å²) in [6.07, 6.45) is 0. The Bertz CT molecular complexity index is 618. The molecule has 1 aliphatic rings. The summed E-state index contributed by atoms with van der Waals surface area (Å²) >= 11 is 13.9. The van der Waals surface area contributed by atoms with Crippen LogP contribution in [0.4, 0.5) is 0 Å². The smallest absolute Gasteiger partial charge is 0.139 e. The van der Waals surface area contributed by atoms with E-state index in [1.54, 1.807) is 17.4 Å². The highest BCUT2D eigenvalue weighted by Gasteiger charge is 2.28. The fourth-order valence-corrected chi connectivity index (χ4v) is 4.10. The molecule has 0 aliphatic carbocycles. The second-order valence-corrected chi connectivity index (χ2v) is 6.85. The van der Waals surface area contributed by atoms with Crippen molar-refractivity contribution in [2.45, 2.75) is 6.04 Å². The van der Waals surface area contributed by atoms with E-state index < -0.39 is 0 Å². The summed E-state index contributed by atoms with van der Waals surface area (Å²) in [7, 11) is 0. The summed E-state index contributed by atoms with van der Waals surface area (Å²) in [5, 5.41) is 16.6. The van der Waals surface area contributed by atoms with E-state index in [9.17, 15) is 5.11 Å². The van der Waals surface area contributed by atoms with Gasteiger partial charge in [0.2, 0.25) is 0 Å². The number of aromatic hydroxyl groups is 1. The lowest BCUT2D eigenvalue weighted by molar-refractivity contribution is 0.198. The minimum Gasteiger partial charge on any atom is -0.506 e. The van der Waals surface area contributed by atoms with E-state index in [4.69, 9.17) is 23.2 Å². The molecular weight excluding hydrogens is 398 g/mol. The van der Waals surface area contributed by atoms with Crippen LogP contribution in [0.5, 0.6) is 5.75 Å². The van der Waals surface area contributed by atoms with E-state index in [-0.39, 0.29) is 36.6 Å². The van der Waals surface area contributed by atoms with Crippen molar-refractivity contribution in [2.24, 2.45) is 0 Å². The Balaban J connectivity index is 0.00000132. The molecule has 0 radical (unpaired) electrons. The minimum absolute atomic E-state index is 0. The van der Waals surface area contributed by atoms with Gasteiger partial charge in [0.1, 0.15) is 5.75 Å². The molecule has 1 fully saturated rings. The average molecular weight is 416 g/mol. The van der Waals surface area contributed by atoms with E-state index in [1.807, 2.05) is 17.5 Å². The van der Waals surface area contributed by atoms with Crippen LogP contribution < -0.4 is 5.32 Å². The van der Waals surface area contributed by atoms with Crippen LogP contribution in [-0.2, 0) is 0 Å². The highest BCUT2D eigenvalue weighted by Crippen LogP contribution is 2.41. The number of benzene rings is 1. The molecule has 0 bridgehead atoms. The van der Waals surface area contributed by atoms with Crippen molar-refractivity contribution in [3.63, 3.8) is 0 Å². The molecule has 23 heavy (non-hydrogen) atoms. The lowest BCUT2D eigenvalue weighted by Gasteiger charge is -2.35. The van der Waals surface area contributed by atoms with Crippen molar-refractivity contribution in [3.05, 3.63) is 50.1 Å². The van der Waals surface area contributed by atoms with Gasteiger partial charge in [-0.05, 0) is 23.6 Å². The third kappa shape index (κ3) is 4.67. The van der Waals surface area contributed by atoms with Gasteiger partial charge in [-0.15, -0.1) is 36.2 Å². The van der Waals surface area contributed by atoms with Crippen molar-refractivity contribution in [1.82, 2.24) is 10.2 Å². The first-order chi connectivity index (χ1) is 10.2. The van der Waals surface area contributed by atoms with Gasteiger partial charge in [-0.2, -0.15) is 0 Å². The lowest BCUT2D eigenvalue weighted by Crippen LogP contribution is -2.45. The number of phenols is 1. The lowest BCUT2D eigenvalue weighted by atomic mass is 10.0. The van der Waals surface area contributed by atoms with Crippen LogP contribution in [0.15, 0.2) is 29.6 Å². The van der Waals surface area contributed by atoms with E-state index in [0.717, 1.165) is 31.7 Å². The van der Waals surface area contributed by atoms with Gasteiger partial charge in [0.15, 0.2) is 0 Å². The molecule has 2 heterocycles. The van der Waals surface area contributed by atoms with Crippen LogP contribution in [0.25, 0.3) is 0 Å². The van der Waals surface area contributed by atoms with Gasteiger partial charge >= 0.3 is 0 Å². The van der Waals surface area contributed by atoms with Gasteiger partial charge < -0.3 is 10.4 Å². The summed E-state index contributed by atoms with van der Waals surface area (Å²) in [6, 6.07) is 7.49. The molecule has 0 amide bonds. The molecule has 0 saturated carbocycles. The first kappa shape index (κ1) is 20.8. The van der Waals surface area contributed by atoms with Crippen molar-refractivity contribution in [3.8, 4) is 5.75 Å². The zero-order valence-corrected chi connectivity index (χ0v) is 16.1. The summed E-state index contributed by atoms with van der Waals surface area (Å²) in [5.41, 5.74) is 0.775. The largest absolute Gasteiger partial charge is 0.506 e. The number of phenolic OH excluding ortho intramolecular Hbond substituents is 1. The van der Waals surface area contributed by atoms with Crippen LogP contribution in [0.1, 0.15) is 16.5 Å². The Kier molecular flexibility index (Phi) is 8.45. The number of rotatable bonds is 3. The second kappa shape index (κ2) is 9.33. The molecule has 128 valence electrons. The normalized spacial score (nSPS) is 16.3. The van der Waals surface area contributed by atoms with Gasteiger partial charge in [0.25, 0.3) is 0 Å². The van der Waals surface area contributed by atoms with E-state index >= 15 is 0 Å². The van der Waals surface area contributed by atoms with Gasteiger partial charge in [-0.1, -0.05) is 29.3 Å². The average Bonchev–Trinajstić information content (AvgIpc) is 2.99. The monoisotopic (exact) mass is 414 g/mol. The molecule has 3 nitrogen and oxygen atoms in total. The summed E-state index contributed by atoms with van der Waals surface area (Å²) in [4.78, 5) is 3.54. The fourth-order valence-electron chi connectivity index (χ4n) is 2.71. The fraction of sp³-hybridized carbons (Fsp3) is 0.333. The molecule has 3 rings (SSSR count). The maximum Gasteiger partial charge on any atom is 0.139 e. The highest BCUT2D eigenvalue weighted by molar-refractivity contribution is 7.10. The number of nitrogens with one attached hydrogen (secondary N) is 1. The predicted octanol–water partition coefficient (Wildman–Crippen LogP) is 4.60. The summed E-state index contributed by atoms with van der Waals surface area (Å²) in [5.74, 6) is 0.123. The van der Waals surface area contributed by atoms with Crippen LogP contribution in [-0.4, -0.2) is 36.2 Å². The molecule has 1 aromatic heterocycles. The summed E-state index contributed by atoms with van der Waals surface area (Å²) in [6.45, 7) is 3.73. The molecule has 2 aromatic rings. The van der Waals surface area contributed by atoms with Crippen molar-refractivity contribution < 1.29 is 5.11 Å². The Morgan fingerprint density at radius 1 is 1.17 bits per heavy atom. The van der Waals surface area contributed by atoms with Crippen molar-refractivity contribution in [2.75, 3.05) is 26.2 Å². The number of hydrogen-bond donors (Lipinski definition) is 2. The van der Waals surface area contributed by atoms with Gasteiger partial charge in [-0.3, -0.25) is 4.90 Å². The quantitative estimate of drug-likeness (QED) is 0.768. The minimum atomic E-state index is -0.0108. The van der Waals surface area contributed by atoms with Crippen LogP contribution in [0.2, 0.25) is 10.0 Å². The molecule has 1 saturated heterocycles. The second-order valence-electron chi connectivity index (χ2n) is 5.03. The van der Waals surface area contributed by atoms with E-state index in [1.165, 1.54) is 4.88 Å². The van der Waals surface area contributed by atoms with E-state index in [2.05, 4.69) is 16.3 Å². The van der Waals surface area contributed by atoms with Gasteiger partial charge in [0.05, 0.1) is 11.1 Å². The SMILES string of the molecule is Cl.Cl.Oc1c(Cl)cc(Cl)cc1[C@@H](c1cccs1)N1CCNCC1.